The summed E-state index contributed by atoms with van der Waals surface area (Å²) in [6.07, 6.45) is 2.98. The van der Waals surface area contributed by atoms with Gasteiger partial charge in [-0.2, -0.15) is 0 Å². The van der Waals surface area contributed by atoms with Crippen LogP contribution in [-0.2, 0) is 4.74 Å². The molecule has 2 heterocycles. The molecule has 2 atom stereocenters. The van der Waals surface area contributed by atoms with E-state index in [0.29, 0.717) is 12.1 Å². The molecule has 1 aromatic carbocycles. The first-order valence-electron chi connectivity index (χ1n) is 7.06. The minimum absolute atomic E-state index is 0. The lowest BCUT2D eigenvalue weighted by Crippen LogP contribution is -2.47. The normalized spacial score (nSPS) is 26.6. The molecule has 2 saturated heterocycles. The number of likely N-dealkylation sites (tertiary alicyclic amines) is 1. The first-order valence-corrected chi connectivity index (χ1v) is 7.06. The lowest BCUT2D eigenvalue weighted by Gasteiger charge is -2.35. The molecule has 0 radical (unpaired) electrons. The molecule has 2 aliphatic rings. The second kappa shape index (κ2) is 8.85. The SMILES string of the molecule is Cl.Cl.c1ccc([C@@H]2NCCO[C@H]2CN2CCCC2)cc1. The summed E-state index contributed by atoms with van der Waals surface area (Å²) in [6.45, 7) is 5.33. The standard InChI is InChI=1S/C15H22N2O.2ClH/c1-2-6-13(7-3-1)15-14(18-11-8-16-15)12-17-9-4-5-10-17;;/h1-3,6-7,14-16H,4-5,8-12H2;2*1H/t14-,15-;;/m0../s1. The molecule has 20 heavy (non-hydrogen) atoms. The Morgan fingerprint density at radius 3 is 2.50 bits per heavy atom. The first-order chi connectivity index (χ1) is 8.93. The van der Waals surface area contributed by atoms with Crippen molar-refractivity contribution >= 4 is 24.8 Å². The van der Waals surface area contributed by atoms with E-state index in [1.165, 1.54) is 31.5 Å². The first kappa shape index (κ1) is 17.7. The third kappa shape index (κ3) is 4.34. The van der Waals surface area contributed by atoms with Crippen LogP contribution in [-0.4, -0.2) is 43.8 Å². The molecule has 5 heteroatoms. The van der Waals surface area contributed by atoms with E-state index in [2.05, 4.69) is 40.5 Å². The van der Waals surface area contributed by atoms with Gasteiger partial charge < -0.3 is 15.0 Å². The maximum absolute atomic E-state index is 6.00. The van der Waals surface area contributed by atoms with E-state index in [1.807, 2.05) is 0 Å². The van der Waals surface area contributed by atoms with Crippen molar-refractivity contribution in [1.29, 1.82) is 0 Å². The third-order valence-corrected chi connectivity index (χ3v) is 3.97. The predicted octanol–water partition coefficient (Wildman–Crippen LogP) is 2.66. The summed E-state index contributed by atoms with van der Waals surface area (Å²) in [4.78, 5) is 2.54. The Balaban J connectivity index is 0.000001000. The number of nitrogens with one attached hydrogen (secondary N) is 1. The summed E-state index contributed by atoms with van der Waals surface area (Å²) in [6, 6.07) is 11.0. The van der Waals surface area contributed by atoms with E-state index in [9.17, 15) is 0 Å². The molecule has 2 aliphatic heterocycles. The van der Waals surface area contributed by atoms with Gasteiger partial charge in [-0.15, -0.1) is 24.8 Å². The lowest BCUT2D eigenvalue weighted by atomic mass is 9.99. The Bertz CT molecular complexity index is 371. The molecule has 0 bridgehead atoms. The van der Waals surface area contributed by atoms with Gasteiger partial charge in [-0.1, -0.05) is 30.3 Å². The van der Waals surface area contributed by atoms with Gasteiger partial charge in [-0.25, -0.2) is 0 Å². The highest BCUT2D eigenvalue weighted by Gasteiger charge is 2.29. The van der Waals surface area contributed by atoms with Crippen LogP contribution in [0.15, 0.2) is 30.3 Å². The fourth-order valence-corrected chi connectivity index (χ4v) is 3.02. The molecule has 1 aromatic rings. The monoisotopic (exact) mass is 318 g/mol. The molecule has 2 fully saturated rings. The number of rotatable bonds is 3. The van der Waals surface area contributed by atoms with E-state index < -0.39 is 0 Å². The predicted molar refractivity (Wildman–Crippen MR) is 87.1 cm³/mol. The Morgan fingerprint density at radius 1 is 1.10 bits per heavy atom. The fraction of sp³-hybridized carbons (Fsp3) is 0.600. The smallest absolute Gasteiger partial charge is 0.0896 e. The molecule has 0 spiro atoms. The van der Waals surface area contributed by atoms with Gasteiger partial charge in [0.1, 0.15) is 0 Å². The van der Waals surface area contributed by atoms with Crippen molar-refractivity contribution in [2.45, 2.75) is 25.0 Å². The van der Waals surface area contributed by atoms with Crippen molar-refractivity contribution < 1.29 is 4.74 Å². The van der Waals surface area contributed by atoms with E-state index >= 15 is 0 Å². The second-order valence-electron chi connectivity index (χ2n) is 5.26. The van der Waals surface area contributed by atoms with Gasteiger partial charge >= 0.3 is 0 Å². The Kier molecular flexibility index (Phi) is 7.85. The van der Waals surface area contributed by atoms with Gasteiger partial charge in [0.2, 0.25) is 0 Å². The summed E-state index contributed by atoms with van der Waals surface area (Å²) in [5.41, 5.74) is 1.35. The Hall–Kier alpha value is -0.320. The second-order valence-corrected chi connectivity index (χ2v) is 5.26. The molecule has 0 amide bonds. The maximum Gasteiger partial charge on any atom is 0.0896 e. The van der Waals surface area contributed by atoms with Crippen LogP contribution in [0.5, 0.6) is 0 Å². The summed E-state index contributed by atoms with van der Waals surface area (Å²) >= 11 is 0. The number of nitrogens with zero attached hydrogens (tertiary/aromatic N) is 1. The van der Waals surface area contributed by atoms with Crippen LogP contribution in [0.25, 0.3) is 0 Å². The van der Waals surface area contributed by atoms with Gasteiger partial charge in [0.25, 0.3) is 0 Å². The number of ether oxygens (including phenoxy) is 1. The van der Waals surface area contributed by atoms with E-state index in [1.54, 1.807) is 0 Å². The molecule has 0 saturated carbocycles. The molecule has 3 rings (SSSR count). The summed E-state index contributed by atoms with van der Waals surface area (Å²) in [5.74, 6) is 0. The zero-order valence-corrected chi connectivity index (χ0v) is 13.3. The van der Waals surface area contributed by atoms with Crippen molar-refractivity contribution in [1.82, 2.24) is 10.2 Å². The molecule has 3 nitrogen and oxygen atoms in total. The molecule has 0 aromatic heterocycles. The minimum atomic E-state index is 0. The van der Waals surface area contributed by atoms with Gasteiger partial charge in [-0.3, -0.25) is 0 Å². The molecule has 114 valence electrons. The van der Waals surface area contributed by atoms with Crippen LogP contribution in [0.1, 0.15) is 24.4 Å². The van der Waals surface area contributed by atoms with Gasteiger partial charge in [0.05, 0.1) is 18.8 Å². The maximum atomic E-state index is 6.00. The van der Waals surface area contributed by atoms with E-state index in [-0.39, 0.29) is 24.8 Å². The molecule has 1 N–H and O–H groups in total. The quantitative estimate of drug-likeness (QED) is 0.927. The zero-order valence-electron chi connectivity index (χ0n) is 11.7. The van der Waals surface area contributed by atoms with Crippen molar-refractivity contribution in [3.8, 4) is 0 Å². The topological polar surface area (TPSA) is 24.5 Å². The van der Waals surface area contributed by atoms with Crippen molar-refractivity contribution in [3.05, 3.63) is 35.9 Å². The van der Waals surface area contributed by atoms with Crippen molar-refractivity contribution in [2.75, 3.05) is 32.8 Å². The zero-order chi connectivity index (χ0) is 12.2. The highest BCUT2D eigenvalue weighted by atomic mass is 35.5. The van der Waals surface area contributed by atoms with Crippen LogP contribution in [0.4, 0.5) is 0 Å². The number of morpholine rings is 1. The molecular formula is C15H24Cl2N2O. The largest absolute Gasteiger partial charge is 0.374 e. The highest BCUT2D eigenvalue weighted by molar-refractivity contribution is 5.85. The third-order valence-electron chi connectivity index (χ3n) is 3.97. The number of hydrogen-bond donors (Lipinski definition) is 1. The average Bonchev–Trinajstić information content (AvgIpc) is 2.93. The van der Waals surface area contributed by atoms with Crippen LogP contribution >= 0.6 is 24.8 Å². The Morgan fingerprint density at radius 2 is 1.80 bits per heavy atom. The molecule has 0 aliphatic carbocycles. The van der Waals surface area contributed by atoms with E-state index in [0.717, 1.165) is 19.7 Å². The molecular weight excluding hydrogens is 295 g/mol. The minimum Gasteiger partial charge on any atom is -0.374 e. The van der Waals surface area contributed by atoms with Crippen LogP contribution in [0, 0.1) is 0 Å². The lowest BCUT2D eigenvalue weighted by molar-refractivity contribution is -0.0211. The van der Waals surface area contributed by atoms with Crippen LogP contribution in [0.3, 0.4) is 0 Å². The summed E-state index contributed by atoms with van der Waals surface area (Å²) < 4.78 is 6.00. The summed E-state index contributed by atoms with van der Waals surface area (Å²) in [7, 11) is 0. The van der Waals surface area contributed by atoms with Crippen molar-refractivity contribution in [3.63, 3.8) is 0 Å². The van der Waals surface area contributed by atoms with Gasteiger partial charge in [0, 0.05) is 13.1 Å². The van der Waals surface area contributed by atoms with Crippen LogP contribution < -0.4 is 5.32 Å². The molecule has 0 unspecified atom stereocenters. The van der Waals surface area contributed by atoms with Crippen molar-refractivity contribution in [2.24, 2.45) is 0 Å². The average molecular weight is 319 g/mol. The fourth-order valence-electron chi connectivity index (χ4n) is 3.02. The van der Waals surface area contributed by atoms with Gasteiger partial charge in [-0.05, 0) is 31.5 Å². The number of benzene rings is 1. The highest BCUT2D eigenvalue weighted by Crippen LogP contribution is 2.23. The van der Waals surface area contributed by atoms with Gasteiger partial charge in [0.15, 0.2) is 0 Å². The number of hydrogen-bond acceptors (Lipinski definition) is 3. The van der Waals surface area contributed by atoms with Crippen LogP contribution in [0.2, 0.25) is 0 Å². The van der Waals surface area contributed by atoms with E-state index in [4.69, 9.17) is 4.74 Å². The summed E-state index contributed by atoms with van der Waals surface area (Å²) in [5, 5.41) is 3.61. The Labute approximate surface area is 133 Å². The number of halogens is 2.